The van der Waals surface area contributed by atoms with Crippen molar-refractivity contribution in [1.82, 2.24) is 4.57 Å². The minimum absolute atomic E-state index is 0.0591. The number of carbonyl (C=O) groups excluding carboxylic acids is 1. The molecule has 2 aromatic carbocycles. The summed E-state index contributed by atoms with van der Waals surface area (Å²) in [6.07, 6.45) is 0. The summed E-state index contributed by atoms with van der Waals surface area (Å²) in [7, 11) is 0. The minimum Gasteiger partial charge on any atom is -0.545 e. The van der Waals surface area contributed by atoms with Crippen LogP contribution in [0.1, 0.15) is 17.3 Å². The highest BCUT2D eigenvalue weighted by Gasteiger charge is 2.14. The molecular weight excluding hydrogens is 294 g/mol. The molecule has 0 atom stereocenters. The Kier molecular flexibility index (Phi) is 3.80. The molecule has 3 rings (SSSR count). The number of aromatic nitrogens is 1. The van der Waals surface area contributed by atoms with Crippen molar-refractivity contribution in [2.45, 2.75) is 13.5 Å². The van der Waals surface area contributed by atoms with Gasteiger partial charge in [0.1, 0.15) is 0 Å². The van der Waals surface area contributed by atoms with Gasteiger partial charge >= 0.3 is 0 Å². The lowest BCUT2D eigenvalue weighted by molar-refractivity contribution is -0.255. The number of carboxylic acids is 1. The molecule has 116 valence electrons. The van der Waals surface area contributed by atoms with Crippen molar-refractivity contribution in [1.29, 1.82) is 0 Å². The predicted molar refractivity (Wildman–Crippen MR) is 84.2 cm³/mol. The van der Waals surface area contributed by atoms with Crippen LogP contribution in [0.4, 0.5) is 11.4 Å². The fourth-order valence-electron chi connectivity index (χ4n) is 2.46. The standard InChI is InChI=1S/C17H15N3O3/c1-2-20-14-6-4-3-5-13(14)15(16(20)21)19-18-12-9-7-11(8-10-12)17(22)23/h3-10,21H,2H2,1H3,(H,22,23)/p-1. The number of hydrogen-bond donors (Lipinski definition) is 1. The Hall–Kier alpha value is -3.15. The quantitative estimate of drug-likeness (QED) is 0.751. The topological polar surface area (TPSA) is 90.0 Å². The third kappa shape index (κ3) is 2.66. The normalized spacial score (nSPS) is 11.3. The van der Waals surface area contributed by atoms with Gasteiger partial charge in [0, 0.05) is 11.9 Å². The highest BCUT2D eigenvalue weighted by atomic mass is 16.4. The molecule has 0 saturated heterocycles. The highest BCUT2D eigenvalue weighted by molar-refractivity contribution is 5.95. The number of aryl methyl sites for hydroxylation is 1. The first-order valence-electron chi connectivity index (χ1n) is 7.15. The Bertz CT molecular complexity index is 895. The van der Waals surface area contributed by atoms with Crippen molar-refractivity contribution in [2.24, 2.45) is 10.2 Å². The second-order valence-corrected chi connectivity index (χ2v) is 4.97. The molecule has 0 fully saturated rings. The van der Waals surface area contributed by atoms with Gasteiger partial charge in [0.25, 0.3) is 0 Å². The van der Waals surface area contributed by atoms with E-state index in [1.54, 1.807) is 4.57 Å². The first kappa shape index (κ1) is 14.8. The molecule has 1 heterocycles. The number of aromatic carboxylic acids is 1. The summed E-state index contributed by atoms with van der Waals surface area (Å²) in [4.78, 5) is 10.7. The van der Waals surface area contributed by atoms with E-state index in [2.05, 4.69) is 10.2 Å². The number of azo groups is 1. The Morgan fingerprint density at radius 1 is 1.13 bits per heavy atom. The van der Waals surface area contributed by atoms with Crippen molar-refractivity contribution in [3.8, 4) is 5.88 Å². The molecule has 0 unspecified atom stereocenters. The van der Waals surface area contributed by atoms with Gasteiger partial charge in [-0.2, -0.15) is 5.11 Å². The number of para-hydroxylation sites is 1. The molecule has 1 aromatic heterocycles. The molecule has 0 amide bonds. The van der Waals surface area contributed by atoms with Gasteiger partial charge in [0.15, 0.2) is 5.69 Å². The van der Waals surface area contributed by atoms with Crippen LogP contribution in [0.15, 0.2) is 58.8 Å². The van der Waals surface area contributed by atoms with Crippen molar-refractivity contribution >= 4 is 28.2 Å². The van der Waals surface area contributed by atoms with E-state index in [0.717, 1.165) is 10.9 Å². The van der Waals surface area contributed by atoms with Gasteiger partial charge < -0.3 is 19.6 Å². The molecule has 0 spiro atoms. The predicted octanol–water partition coefficient (Wildman–Crippen LogP) is 3.15. The van der Waals surface area contributed by atoms with Crippen LogP contribution >= 0.6 is 0 Å². The van der Waals surface area contributed by atoms with Gasteiger partial charge in [-0.05, 0) is 30.7 Å². The van der Waals surface area contributed by atoms with E-state index in [1.165, 1.54) is 24.3 Å². The Morgan fingerprint density at radius 3 is 2.48 bits per heavy atom. The lowest BCUT2D eigenvalue weighted by atomic mass is 10.2. The second kappa shape index (κ2) is 5.92. The Balaban J connectivity index is 2.01. The summed E-state index contributed by atoms with van der Waals surface area (Å²) in [5.74, 6) is -1.18. The monoisotopic (exact) mass is 308 g/mol. The van der Waals surface area contributed by atoms with E-state index < -0.39 is 5.97 Å². The minimum atomic E-state index is -1.24. The maximum absolute atomic E-state index is 10.7. The number of benzene rings is 2. The smallest absolute Gasteiger partial charge is 0.220 e. The molecule has 0 saturated carbocycles. The molecule has 6 nitrogen and oxygen atoms in total. The average Bonchev–Trinajstić information content (AvgIpc) is 2.84. The largest absolute Gasteiger partial charge is 0.545 e. The maximum atomic E-state index is 10.7. The van der Waals surface area contributed by atoms with E-state index in [0.29, 0.717) is 17.9 Å². The highest BCUT2D eigenvalue weighted by Crippen LogP contribution is 2.39. The van der Waals surface area contributed by atoms with Crippen LogP contribution in [-0.4, -0.2) is 15.6 Å². The van der Waals surface area contributed by atoms with E-state index in [4.69, 9.17) is 0 Å². The van der Waals surface area contributed by atoms with Crippen molar-refractivity contribution in [3.05, 3.63) is 54.1 Å². The van der Waals surface area contributed by atoms with Gasteiger partial charge in [0.05, 0.1) is 17.2 Å². The molecule has 0 radical (unpaired) electrons. The molecule has 0 aliphatic heterocycles. The number of rotatable bonds is 4. The van der Waals surface area contributed by atoms with E-state index in [9.17, 15) is 15.0 Å². The molecule has 3 aromatic rings. The number of aromatic hydroxyl groups is 1. The fourth-order valence-corrected chi connectivity index (χ4v) is 2.46. The van der Waals surface area contributed by atoms with Crippen LogP contribution in [0.25, 0.3) is 10.9 Å². The lowest BCUT2D eigenvalue weighted by Crippen LogP contribution is -2.21. The number of hydrogen-bond acceptors (Lipinski definition) is 5. The molecule has 6 heteroatoms. The van der Waals surface area contributed by atoms with Crippen molar-refractivity contribution < 1.29 is 15.0 Å². The van der Waals surface area contributed by atoms with E-state index in [1.807, 2.05) is 31.2 Å². The summed E-state index contributed by atoms with van der Waals surface area (Å²) in [6.45, 7) is 2.55. The van der Waals surface area contributed by atoms with Crippen LogP contribution in [0.3, 0.4) is 0 Å². The Morgan fingerprint density at radius 2 is 1.83 bits per heavy atom. The molecule has 1 N–H and O–H groups in total. The SMILES string of the molecule is CCn1c(O)c(N=Nc2ccc(C(=O)[O-])cc2)c2ccccc21. The molecule has 0 aliphatic rings. The van der Waals surface area contributed by atoms with Crippen molar-refractivity contribution in [3.63, 3.8) is 0 Å². The van der Waals surface area contributed by atoms with Crippen LogP contribution in [0.2, 0.25) is 0 Å². The summed E-state index contributed by atoms with van der Waals surface area (Å²) >= 11 is 0. The summed E-state index contributed by atoms with van der Waals surface area (Å²) in [6, 6.07) is 13.4. The first-order valence-corrected chi connectivity index (χ1v) is 7.15. The number of fused-ring (bicyclic) bond motifs is 1. The van der Waals surface area contributed by atoms with E-state index in [-0.39, 0.29) is 11.4 Å². The summed E-state index contributed by atoms with van der Waals surface area (Å²) in [5, 5.41) is 30.1. The number of carboxylic acid groups (broad SMARTS) is 1. The maximum Gasteiger partial charge on any atom is 0.220 e. The van der Waals surface area contributed by atoms with Crippen LogP contribution in [-0.2, 0) is 6.54 Å². The van der Waals surface area contributed by atoms with Gasteiger partial charge in [0.2, 0.25) is 5.88 Å². The van der Waals surface area contributed by atoms with Gasteiger partial charge in [-0.15, -0.1) is 5.11 Å². The third-order valence-electron chi connectivity index (χ3n) is 3.60. The third-order valence-corrected chi connectivity index (χ3v) is 3.60. The average molecular weight is 308 g/mol. The number of nitrogens with zero attached hydrogens (tertiary/aromatic N) is 3. The van der Waals surface area contributed by atoms with E-state index >= 15 is 0 Å². The summed E-state index contributed by atoms with van der Waals surface area (Å²) in [5.41, 5.74) is 1.84. The molecule has 23 heavy (non-hydrogen) atoms. The number of carbonyl (C=O) groups is 1. The second-order valence-electron chi connectivity index (χ2n) is 4.97. The Labute approximate surface area is 132 Å². The molecule has 0 aliphatic carbocycles. The first-order chi connectivity index (χ1) is 11.1. The van der Waals surface area contributed by atoms with Crippen LogP contribution in [0, 0.1) is 0 Å². The summed E-state index contributed by atoms with van der Waals surface area (Å²) < 4.78 is 1.75. The lowest BCUT2D eigenvalue weighted by Gasteiger charge is -2.01. The van der Waals surface area contributed by atoms with Gasteiger partial charge in [-0.1, -0.05) is 30.3 Å². The van der Waals surface area contributed by atoms with Gasteiger partial charge in [-0.25, -0.2) is 0 Å². The van der Waals surface area contributed by atoms with Crippen LogP contribution in [0.5, 0.6) is 5.88 Å². The zero-order chi connectivity index (χ0) is 16.4. The van der Waals surface area contributed by atoms with Gasteiger partial charge in [-0.3, -0.25) is 0 Å². The zero-order valence-corrected chi connectivity index (χ0v) is 12.4. The molecular formula is C17H14N3O3-. The zero-order valence-electron chi connectivity index (χ0n) is 12.4. The van der Waals surface area contributed by atoms with Crippen LogP contribution < -0.4 is 5.11 Å². The van der Waals surface area contributed by atoms with Crippen molar-refractivity contribution in [2.75, 3.05) is 0 Å². The fraction of sp³-hybridized carbons (Fsp3) is 0.118. The molecule has 0 bridgehead atoms.